The van der Waals surface area contributed by atoms with Gasteiger partial charge in [0.05, 0.1) is 6.61 Å². The van der Waals surface area contributed by atoms with Crippen LogP contribution in [0.3, 0.4) is 0 Å². The number of carbonyl (C=O) groups excluding carboxylic acids is 1. The van der Waals surface area contributed by atoms with Crippen LogP contribution in [0.2, 0.25) is 0 Å². The second kappa shape index (κ2) is 6.99. The number of nitrogens with zero attached hydrogens (tertiary/aromatic N) is 1. The molecule has 0 bridgehead atoms. The van der Waals surface area contributed by atoms with E-state index in [2.05, 4.69) is 5.32 Å². The Balaban J connectivity index is 1.90. The van der Waals surface area contributed by atoms with Gasteiger partial charge in [0.25, 0.3) is 0 Å². The summed E-state index contributed by atoms with van der Waals surface area (Å²) in [5, 5.41) is 3.25. The molecule has 0 spiro atoms. The molecule has 19 heavy (non-hydrogen) atoms. The van der Waals surface area contributed by atoms with Gasteiger partial charge in [0.1, 0.15) is 11.5 Å². The molecule has 1 aromatic carbocycles. The summed E-state index contributed by atoms with van der Waals surface area (Å²) < 4.78 is 10.7. The molecule has 1 fully saturated rings. The number of hydrogen-bond acceptors (Lipinski definition) is 4. The lowest BCUT2D eigenvalue weighted by molar-refractivity contribution is 0.155. The Labute approximate surface area is 113 Å². The molecule has 0 unspecified atom stereocenters. The molecule has 1 N–H and O–H groups in total. The Kier molecular flexibility index (Phi) is 5.03. The molecule has 1 amide bonds. The fraction of sp³-hybridized carbons (Fsp3) is 0.500. The Morgan fingerprint density at radius 1 is 1.21 bits per heavy atom. The molecule has 0 saturated carbocycles. The highest BCUT2D eigenvalue weighted by Gasteiger charge is 2.17. The molecule has 5 nitrogen and oxygen atoms in total. The van der Waals surface area contributed by atoms with Gasteiger partial charge >= 0.3 is 6.09 Å². The lowest BCUT2D eigenvalue weighted by atomic mass is 10.3. The van der Waals surface area contributed by atoms with E-state index in [1.165, 1.54) is 0 Å². The predicted molar refractivity (Wildman–Crippen MR) is 72.7 cm³/mol. The zero-order valence-corrected chi connectivity index (χ0v) is 11.2. The van der Waals surface area contributed by atoms with E-state index in [4.69, 9.17) is 9.47 Å². The van der Waals surface area contributed by atoms with Crippen LogP contribution < -0.4 is 14.8 Å². The minimum Gasteiger partial charge on any atom is -0.494 e. The summed E-state index contributed by atoms with van der Waals surface area (Å²) in [7, 11) is 0. The quantitative estimate of drug-likeness (QED) is 0.905. The third-order valence-corrected chi connectivity index (χ3v) is 2.94. The molecule has 5 heteroatoms. The molecule has 0 aromatic heterocycles. The monoisotopic (exact) mass is 264 g/mol. The fourth-order valence-corrected chi connectivity index (χ4v) is 1.96. The first-order valence-corrected chi connectivity index (χ1v) is 6.70. The van der Waals surface area contributed by atoms with Crippen LogP contribution in [0.1, 0.15) is 13.3 Å². The third-order valence-electron chi connectivity index (χ3n) is 2.94. The van der Waals surface area contributed by atoms with Gasteiger partial charge in [-0.1, -0.05) is 0 Å². The van der Waals surface area contributed by atoms with E-state index < -0.39 is 0 Å². The molecule has 0 radical (unpaired) electrons. The van der Waals surface area contributed by atoms with Crippen molar-refractivity contribution in [3.05, 3.63) is 24.3 Å². The van der Waals surface area contributed by atoms with Crippen molar-refractivity contribution >= 4 is 6.09 Å². The maximum atomic E-state index is 12.0. The summed E-state index contributed by atoms with van der Waals surface area (Å²) in [5.74, 6) is 1.33. The molecule has 104 valence electrons. The van der Waals surface area contributed by atoms with Gasteiger partial charge in [-0.15, -0.1) is 0 Å². The molecule has 0 aliphatic carbocycles. The van der Waals surface area contributed by atoms with Crippen molar-refractivity contribution in [3.8, 4) is 11.5 Å². The first-order valence-electron chi connectivity index (χ1n) is 6.70. The number of nitrogens with one attached hydrogen (secondary N) is 1. The number of benzene rings is 1. The molecular formula is C14H20N2O3. The van der Waals surface area contributed by atoms with Crippen molar-refractivity contribution in [3.63, 3.8) is 0 Å². The van der Waals surface area contributed by atoms with Gasteiger partial charge in [0, 0.05) is 19.6 Å². The Hall–Kier alpha value is -1.75. The minimum atomic E-state index is -0.284. The molecule has 1 heterocycles. The SMILES string of the molecule is CCOc1ccc(OC(=O)N2CCCNCC2)cc1. The van der Waals surface area contributed by atoms with E-state index in [0.717, 1.165) is 31.8 Å². The smallest absolute Gasteiger partial charge is 0.415 e. The van der Waals surface area contributed by atoms with Crippen LogP contribution in [0, 0.1) is 0 Å². The maximum Gasteiger partial charge on any atom is 0.415 e. The summed E-state index contributed by atoms with van der Waals surface area (Å²) in [5.41, 5.74) is 0. The summed E-state index contributed by atoms with van der Waals surface area (Å²) in [6.07, 6.45) is 0.672. The van der Waals surface area contributed by atoms with Crippen LogP contribution in [-0.4, -0.2) is 43.8 Å². The Morgan fingerprint density at radius 3 is 2.68 bits per heavy atom. The van der Waals surface area contributed by atoms with Crippen molar-refractivity contribution in [2.45, 2.75) is 13.3 Å². The van der Waals surface area contributed by atoms with E-state index in [1.807, 2.05) is 6.92 Å². The highest BCUT2D eigenvalue weighted by molar-refractivity contribution is 5.70. The van der Waals surface area contributed by atoms with Crippen LogP contribution in [0.4, 0.5) is 4.79 Å². The normalized spacial score (nSPS) is 15.7. The van der Waals surface area contributed by atoms with Gasteiger partial charge in [-0.3, -0.25) is 0 Å². The van der Waals surface area contributed by atoms with Gasteiger partial charge in [0.2, 0.25) is 0 Å². The maximum absolute atomic E-state index is 12.0. The fourth-order valence-electron chi connectivity index (χ4n) is 1.96. The van der Waals surface area contributed by atoms with Gasteiger partial charge in [-0.05, 0) is 44.2 Å². The number of hydrogen-bond donors (Lipinski definition) is 1. The van der Waals surface area contributed by atoms with Crippen molar-refractivity contribution < 1.29 is 14.3 Å². The molecule has 1 saturated heterocycles. The van der Waals surface area contributed by atoms with Crippen LogP contribution in [0.5, 0.6) is 11.5 Å². The highest BCUT2D eigenvalue weighted by Crippen LogP contribution is 2.18. The molecule has 2 rings (SSSR count). The predicted octanol–water partition coefficient (Wildman–Crippen LogP) is 1.88. The van der Waals surface area contributed by atoms with Crippen molar-refractivity contribution in [1.29, 1.82) is 0 Å². The van der Waals surface area contributed by atoms with E-state index in [9.17, 15) is 4.79 Å². The van der Waals surface area contributed by atoms with Crippen LogP contribution in [0.25, 0.3) is 0 Å². The van der Waals surface area contributed by atoms with Crippen LogP contribution in [-0.2, 0) is 0 Å². The number of amides is 1. The highest BCUT2D eigenvalue weighted by atomic mass is 16.6. The lowest BCUT2D eigenvalue weighted by Crippen LogP contribution is -2.36. The number of carbonyl (C=O) groups is 1. The topological polar surface area (TPSA) is 50.8 Å². The number of ether oxygens (including phenoxy) is 2. The summed E-state index contributed by atoms with van der Waals surface area (Å²) >= 11 is 0. The van der Waals surface area contributed by atoms with E-state index in [0.29, 0.717) is 18.9 Å². The molecule has 1 aromatic rings. The summed E-state index contributed by atoms with van der Waals surface area (Å²) in [4.78, 5) is 13.7. The zero-order chi connectivity index (χ0) is 13.5. The standard InChI is InChI=1S/C14H20N2O3/c1-2-18-12-4-6-13(7-5-12)19-14(17)16-10-3-8-15-9-11-16/h4-7,15H,2-3,8-11H2,1H3. The number of rotatable bonds is 3. The Bertz CT molecular complexity index is 398. The average Bonchev–Trinajstić information content (AvgIpc) is 2.70. The van der Waals surface area contributed by atoms with Gasteiger partial charge in [-0.25, -0.2) is 4.79 Å². The van der Waals surface area contributed by atoms with Gasteiger partial charge < -0.3 is 19.7 Å². The second-order valence-corrected chi connectivity index (χ2v) is 4.36. The van der Waals surface area contributed by atoms with Crippen molar-refractivity contribution in [2.24, 2.45) is 0 Å². The van der Waals surface area contributed by atoms with Crippen LogP contribution in [0.15, 0.2) is 24.3 Å². The van der Waals surface area contributed by atoms with E-state index >= 15 is 0 Å². The molecule has 1 aliphatic heterocycles. The van der Waals surface area contributed by atoms with Crippen molar-refractivity contribution in [2.75, 3.05) is 32.8 Å². The second-order valence-electron chi connectivity index (χ2n) is 4.36. The van der Waals surface area contributed by atoms with Crippen LogP contribution >= 0.6 is 0 Å². The minimum absolute atomic E-state index is 0.284. The molecule has 1 aliphatic rings. The molecule has 0 atom stereocenters. The van der Waals surface area contributed by atoms with E-state index in [-0.39, 0.29) is 6.09 Å². The zero-order valence-electron chi connectivity index (χ0n) is 11.2. The average molecular weight is 264 g/mol. The van der Waals surface area contributed by atoms with Gasteiger partial charge in [0.15, 0.2) is 0 Å². The first-order chi connectivity index (χ1) is 9.29. The van der Waals surface area contributed by atoms with E-state index in [1.54, 1.807) is 29.2 Å². The Morgan fingerprint density at radius 2 is 1.95 bits per heavy atom. The third kappa shape index (κ3) is 4.13. The largest absolute Gasteiger partial charge is 0.494 e. The lowest BCUT2D eigenvalue weighted by Gasteiger charge is -2.19. The molecular weight excluding hydrogens is 244 g/mol. The van der Waals surface area contributed by atoms with Gasteiger partial charge in [-0.2, -0.15) is 0 Å². The first kappa shape index (κ1) is 13.7. The summed E-state index contributed by atoms with van der Waals surface area (Å²) in [6, 6.07) is 7.10. The van der Waals surface area contributed by atoms with Crippen molar-refractivity contribution in [1.82, 2.24) is 10.2 Å². The summed E-state index contributed by atoms with van der Waals surface area (Å²) in [6.45, 7) is 5.76.